The highest BCUT2D eigenvalue weighted by atomic mass is 32.2. The highest BCUT2D eigenvalue weighted by Crippen LogP contribution is 2.24. The van der Waals surface area contributed by atoms with Crippen molar-refractivity contribution in [2.24, 2.45) is 28.5 Å². The van der Waals surface area contributed by atoms with E-state index in [1.807, 2.05) is 52.8 Å². The molecule has 16 heteroatoms. The molecule has 0 aliphatic heterocycles. The van der Waals surface area contributed by atoms with Crippen molar-refractivity contribution in [3.63, 3.8) is 0 Å². The normalized spacial score (nSPS) is 14.1. The maximum atomic E-state index is 13.9. The average molecular weight is 833 g/mol. The van der Waals surface area contributed by atoms with Crippen LogP contribution in [0, 0.1) is 38.5 Å². The zero-order valence-corrected chi connectivity index (χ0v) is 36.8. The molecule has 0 saturated heterocycles. The van der Waals surface area contributed by atoms with Crippen LogP contribution in [-0.2, 0) is 40.5 Å². The Kier molecular flexibility index (Phi) is 20.4. The number of aliphatic imine (C=N–C) groups is 1. The molecule has 6 N–H and O–H groups in total. The monoisotopic (exact) mass is 832 g/mol. The Labute approximate surface area is 343 Å². The summed E-state index contributed by atoms with van der Waals surface area (Å²) >= 11 is 1.47. The van der Waals surface area contributed by atoms with Gasteiger partial charge in [0, 0.05) is 13.5 Å². The Bertz CT molecular complexity index is 1770. The SMILES string of the molecule is CC(=O)OC(SCCC(C)C)C(CC(C)C)NC(=O)[C@@H](NC(=O)[C@H](CCCN=C(N)NS(=O)(=O)c1ccc(C)cc1)NC(=O)OCc1cc(C)ccc1C)C(C)C. The number of rotatable bonds is 22. The van der Waals surface area contributed by atoms with E-state index in [0.717, 1.165) is 34.4 Å². The first-order valence-corrected chi connectivity index (χ1v) is 22.0. The highest BCUT2D eigenvalue weighted by Gasteiger charge is 2.33. The van der Waals surface area contributed by atoms with Gasteiger partial charge >= 0.3 is 12.1 Å². The minimum Gasteiger partial charge on any atom is -0.449 e. The highest BCUT2D eigenvalue weighted by molar-refractivity contribution is 7.99. The average Bonchev–Trinajstić information content (AvgIpc) is 3.10. The van der Waals surface area contributed by atoms with E-state index in [1.54, 1.807) is 26.0 Å². The minimum absolute atomic E-state index is 0.0161. The molecule has 2 aromatic carbocycles. The van der Waals surface area contributed by atoms with Gasteiger partial charge in [0.1, 0.15) is 18.7 Å². The van der Waals surface area contributed by atoms with Gasteiger partial charge in [-0.3, -0.25) is 19.4 Å². The second-order valence-corrected chi connectivity index (χ2v) is 18.4. The lowest BCUT2D eigenvalue weighted by molar-refractivity contribution is -0.144. The molecule has 3 amide bonds. The Hall–Kier alpha value is -4.31. The van der Waals surface area contributed by atoms with Crippen LogP contribution in [-0.4, -0.2) is 74.1 Å². The predicted octanol–water partition coefficient (Wildman–Crippen LogP) is 5.62. The van der Waals surface area contributed by atoms with Crippen LogP contribution in [0.4, 0.5) is 4.79 Å². The molecule has 2 rings (SSSR count). The van der Waals surface area contributed by atoms with Crippen molar-refractivity contribution >= 4 is 51.6 Å². The van der Waals surface area contributed by atoms with Gasteiger partial charge < -0.3 is 31.2 Å². The number of nitrogens with zero attached hydrogens (tertiary/aromatic N) is 1. The van der Waals surface area contributed by atoms with Crippen molar-refractivity contribution in [1.82, 2.24) is 20.7 Å². The van der Waals surface area contributed by atoms with E-state index >= 15 is 0 Å². The van der Waals surface area contributed by atoms with Gasteiger partial charge in [-0.05, 0) is 93.2 Å². The number of hydrogen-bond acceptors (Lipinski definition) is 10. The van der Waals surface area contributed by atoms with Gasteiger partial charge in [-0.15, -0.1) is 11.8 Å². The number of guanidine groups is 1. The van der Waals surface area contributed by atoms with Gasteiger partial charge in [-0.1, -0.05) is 83.0 Å². The molecule has 2 unspecified atom stereocenters. The molecule has 318 valence electrons. The number of esters is 1. The van der Waals surface area contributed by atoms with E-state index in [-0.39, 0.29) is 48.7 Å². The fraction of sp³-hybridized carbons (Fsp3) is 0.585. The van der Waals surface area contributed by atoms with Crippen molar-refractivity contribution in [3.8, 4) is 0 Å². The maximum Gasteiger partial charge on any atom is 0.408 e. The van der Waals surface area contributed by atoms with Gasteiger partial charge in [0.25, 0.3) is 10.0 Å². The van der Waals surface area contributed by atoms with Gasteiger partial charge in [0.05, 0.1) is 10.9 Å². The van der Waals surface area contributed by atoms with E-state index < -0.39 is 57.5 Å². The number of aryl methyl sites for hydroxylation is 3. The first kappa shape index (κ1) is 48.8. The number of ether oxygens (including phenoxy) is 2. The number of amides is 3. The largest absolute Gasteiger partial charge is 0.449 e. The number of benzene rings is 2. The lowest BCUT2D eigenvalue weighted by atomic mass is 10.00. The molecule has 57 heavy (non-hydrogen) atoms. The molecule has 0 spiro atoms. The summed E-state index contributed by atoms with van der Waals surface area (Å²) in [6.07, 6.45) is 0.843. The van der Waals surface area contributed by atoms with E-state index in [4.69, 9.17) is 15.2 Å². The summed E-state index contributed by atoms with van der Waals surface area (Å²) in [5.41, 5.74) is 8.92. The van der Waals surface area contributed by atoms with Crippen molar-refractivity contribution in [3.05, 3.63) is 64.7 Å². The second-order valence-electron chi connectivity index (χ2n) is 15.5. The molecule has 0 fully saturated rings. The minimum atomic E-state index is -3.97. The Morgan fingerprint density at radius 2 is 1.49 bits per heavy atom. The third kappa shape index (κ3) is 18.2. The summed E-state index contributed by atoms with van der Waals surface area (Å²) in [6, 6.07) is 9.35. The number of carbonyl (C=O) groups excluding carboxylic acids is 4. The van der Waals surface area contributed by atoms with Crippen LogP contribution in [0.15, 0.2) is 52.4 Å². The first-order chi connectivity index (χ1) is 26.7. The fourth-order valence-electron chi connectivity index (χ4n) is 5.62. The van der Waals surface area contributed by atoms with Gasteiger partial charge in [-0.2, -0.15) is 0 Å². The fourth-order valence-corrected chi connectivity index (χ4v) is 8.02. The van der Waals surface area contributed by atoms with Gasteiger partial charge in [0.15, 0.2) is 5.44 Å². The van der Waals surface area contributed by atoms with Crippen LogP contribution in [0.1, 0.15) is 96.4 Å². The lowest BCUT2D eigenvalue weighted by Gasteiger charge is -2.31. The number of thioether (sulfide) groups is 1. The van der Waals surface area contributed by atoms with Crippen molar-refractivity contribution in [1.29, 1.82) is 0 Å². The van der Waals surface area contributed by atoms with Crippen LogP contribution in [0.2, 0.25) is 0 Å². The first-order valence-electron chi connectivity index (χ1n) is 19.5. The molecule has 0 aliphatic rings. The summed E-state index contributed by atoms with van der Waals surface area (Å²) < 4.78 is 39.0. The molecule has 0 radical (unpaired) electrons. The Morgan fingerprint density at radius 1 is 0.842 bits per heavy atom. The summed E-state index contributed by atoms with van der Waals surface area (Å²) in [6.45, 7) is 18.8. The van der Waals surface area contributed by atoms with Gasteiger partial charge in [-0.25, -0.2) is 17.9 Å². The number of carbonyl (C=O) groups is 4. The van der Waals surface area contributed by atoms with Gasteiger partial charge in [0.2, 0.25) is 17.8 Å². The molecule has 4 atom stereocenters. The molecule has 0 saturated carbocycles. The molecular formula is C41H64N6O8S2. The zero-order chi connectivity index (χ0) is 42.9. The number of alkyl carbamates (subject to hydrolysis) is 1. The molecule has 0 aromatic heterocycles. The third-order valence-corrected chi connectivity index (χ3v) is 11.5. The van der Waals surface area contributed by atoms with Crippen LogP contribution < -0.4 is 26.4 Å². The molecule has 0 aliphatic carbocycles. The maximum absolute atomic E-state index is 13.9. The lowest BCUT2D eigenvalue weighted by Crippen LogP contribution is -2.58. The van der Waals surface area contributed by atoms with Crippen LogP contribution in [0.5, 0.6) is 0 Å². The summed E-state index contributed by atoms with van der Waals surface area (Å²) in [5.74, 6) is -0.915. The number of nitrogens with one attached hydrogen (secondary N) is 4. The zero-order valence-electron chi connectivity index (χ0n) is 35.1. The van der Waals surface area contributed by atoms with E-state index in [0.29, 0.717) is 12.3 Å². The van der Waals surface area contributed by atoms with E-state index in [2.05, 4.69) is 39.5 Å². The summed E-state index contributed by atoms with van der Waals surface area (Å²) in [5, 5.41) is 8.52. The molecular weight excluding hydrogens is 769 g/mol. The predicted molar refractivity (Wildman–Crippen MR) is 226 cm³/mol. The van der Waals surface area contributed by atoms with Crippen molar-refractivity contribution < 1.29 is 37.1 Å². The third-order valence-electron chi connectivity index (χ3n) is 8.86. The van der Waals surface area contributed by atoms with Crippen LogP contribution in [0.3, 0.4) is 0 Å². The number of hydrogen-bond donors (Lipinski definition) is 5. The Morgan fingerprint density at radius 3 is 2.09 bits per heavy atom. The summed E-state index contributed by atoms with van der Waals surface area (Å²) in [7, 11) is -3.97. The molecule has 14 nitrogen and oxygen atoms in total. The molecule has 2 aromatic rings. The smallest absolute Gasteiger partial charge is 0.408 e. The van der Waals surface area contributed by atoms with Crippen LogP contribution >= 0.6 is 11.8 Å². The number of sulfonamides is 1. The molecule has 0 bridgehead atoms. The Balaban J connectivity index is 2.26. The van der Waals surface area contributed by atoms with E-state index in [1.165, 1.54) is 30.8 Å². The van der Waals surface area contributed by atoms with Crippen molar-refractivity contribution in [2.75, 3.05) is 12.3 Å². The topological polar surface area (TPSA) is 207 Å². The van der Waals surface area contributed by atoms with E-state index in [9.17, 15) is 27.6 Å². The van der Waals surface area contributed by atoms with Crippen molar-refractivity contribution in [2.45, 2.75) is 130 Å². The molecule has 0 heterocycles. The standard InChI is InChI=1S/C41H64N6O8S2/c1-25(2)19-21-56-39(55-31(10)48)35(22-26(3)4)44-38(50)36(27(5)6)46-37(49)34(45-41(51)54-24-32-23-29(8)13-16-30(32)9)12-11-20-43-40(42)47-57(52,53)33-17-14-28(7)15-18-33/h13-18,23,25-27,34-36,39H,11-12,19-22,24H2,1-10H3,(H,44,50)(H,45,51)(H,46,49)(H3,42,43,47)/t34-,35?,36-,39?/m0/s1. The summed E-state index contributed by atoms with van der Waals surface area (Å²) in [4.78, 5) is 57.2. The second kappa shape index (κ2) is 23.8. The number of nitrogens with two attached hydrogens (primary N) is 1. The quantitative estimate of drug-likeness (QED) is 0.0325. The van der Waals surface area contributed by atoms with Crippen LogP contribution in [0.25, 0.3) is 0 Å².